The van der Waals surface area contributed by atoms with Crippen LogP contribution in [0.1, 0.15) is 16.1 Å². The lowest BCUT2D eigenvalue weighted by Crippen LogP contribution is -2.13. The third-order valence-corrected chi connectivity index (χ3v) is 1.68. The molecular formula is C7H8N2O. The first-order valence-electron chi connectivity index (χ1n) is 3.22. The number of hydrogen-bond acceptors (Lipinski definition) is 1. The minimum atomic E-state index is 0.0353. The molecule has 0 unspecified atom stereocenters. The first-order valence-corrected chi connectivity index (χ1v) is 3.22. The molecule has 2 rings (SSSR count). The van der Waals surface area contributed by atoms with E-state index < -0.39 is 0 Å². The molecule has 0 spiro atoms. The molecule has 0 atom stereocenters. The summed E-state index contributed by atoms with van der Waals surface area (Å²) in [6.45, 7) is 2.61. The van der Waals surface area contributed by atoms with Crippen molar-refractivity contribution in [3.63, 3.8) is 0 Å². The molecule has 3 nitrogen and oxygen atoms in total. The van der Waals surface area contributed by atoms with Gasteiger partial charge in [0.1, 0.15) is 5.69 Å². The Hall–Kier alpha value is -1.25. The Morgan fingerprint density at radius 3 is 3.20 bits per heavy atom. The van der Waals surface area contributed by atoms with Crippen molar-refractivity contribution in [3.8, 4) is 0 Å². The van der Waals surface area contributed by atoms with Crippen molar-refractivity contribution in [1.82, 2.24) is 9.88 Å². The molecule has 2 heterocycles. The van der Waals surface area contributed by atoms with Gasteiger partial charge >= 0.3 is 0 Å². The number of carbonyl (C=O) groups is 1. The molecule has 0 fully saturated rings. The van der Waals surface area contributed by atoms with Crippen LogP contribution in [0.3, 0.4) is 0 Å². The molecule has 52 valence electrons. The maximum atomic E-state index is 10.9. The van der Waals surface area contributed by atoms with Gasteiger partial charge in [-0.2, -0.15) is 0 Å². The summed E-state index contributed by atoms with van der Waals surface area (Å²) >= 11 is 0. The van der Waals surface area contributed by atoms with Crippen LogP contribution in [0.15, 0.2) is 12.3 Å². The minimum Gasteiger partial charge on any atom is -0.333 e. The maximum absolute atomic E-state index is 10.9. The van der Waals surface area contributed by atoms with E-state index in [-0.39, 0.29) is 5.91 Å². The van der Waals surface area contributed by atoms with Crippen molar-refractivity contribution in [2.45, 2.75) is 13.6 Å². The molecule has 10 heavy (non-hydrogen) atoms. The van der Waals surface area contributed by atoms with E-state index in [1.54, 1.807) is 0 Å². The molecule has 1 aromatic heterocycles. The summed E-state index contributed by atoms with van der Waals surface area (Å²) in [6, 6.07) is 1.89. The molecule has 1 aliphatic heterocycles. The Bertz CT molecular complexity index is 288. The van der Waals surface area contributed by atoms with Crippen molar-refractivity contribution in [2.75, 3.05) is 0 Å². The van der Waals surface area contributed by atoms with Gasteiger partial charge in [-0.25, -0.2) is 0 Å². The van der Waals surface area contributed by atoms with Crippen LogP contribution in [-0.2, 0) is 6.67 Å². The highest BCUT2D eigenvalue weighted by atomic mass is 16.2. The van der Waals surface area contributed by atoms with Gasteiger partial charge in [-0.05, 0) is 18.6 Å². The highest BCUT2D eigenvalue weighted by molar-refractivity contribution is 5.94. The Morgan fingerprint density at radius 2 is 2.50 bits per heavy atom. The predicted molar refractivity (Wildman–Crippen MR) is 36.6 cm³/mol. The average Bonchev–Trinajstić information content (AvgIpc) is 2.35. The summed E-state index contributed by atoms with van der Waals surface area (Å²) in [5, 5.41) is 2.72. The topological polar surface area (TPSA) is 34.0 Å². The molecule has 1 aliphatic rings. The van der Waals surface area contributed by atoms with E-state index in [0.717, 1.165) is 11.3 Å². The van der Waals surface area contributed by atoms with Crippen LogP contribution in [0, 0.1) is 6.92 Å². The normalized spacial score (nSPS) is 15.1. The highest BCUT2D eigenvalue weighted by Crippen LogP contribution is 2.10. The summed E-state index contributed by atoms with van der Waals surface area (Å²) in [7, 11) is 0. The van der Waals surface area contributed by atoms with Gasteiger partial charge < -0.3 is 9.88 Å². The fraction of sp³-hybridized carbons (Fsp3) is 0.286. The molecule has 0 saturated heterocycles. The molecule has 3 heteroatoms. The summed E-state index contributed by atoms with van der Waals surface area (Å²) in [4.78, 5) is 10.9. The largest absolute Gasteiger partial charge is 0.333 e. The zero-order chi connectivity index (χ0) is 7.14. The molecule has 0 saturated carbocycles. The van der Waals surface area contributed by atoms with Crippen molar-refractivity contribution < 1.29 is 4.79 Å². The number of amides is 1. The van der Waals surface area contributed by atoms with Crippen LogP contribution in [0.4, 0.5) is 0 Å². The smallest absolute Gasteiger partial charge is 0.269 e. The van der Waals surface area contributed by atoms with Crippen molar-refractivity contribution in [3.05, 3.63) is 23.5 Å². The lowest BCUT2D eigenvalue weighted by Gasteiger charge is -1.89. The van der Waals surface area contributed by atoms with Crippen molar-refractivity contribution in [2.24, 2.45) is 0 Å². The first-order chi connectivity index (χ1) is 4.77. The van der Waals surface area contributed by atoms with Gasteiger partial charge in [-0.3, -0.25) is 4.79 Å². The Labute approximate surface area is 58.7 Å². The number of aromatic nitrogens is 1. The molecule has 0 radical (unpaired) electrons. The average molecular weight is 136 g/mol. The van der Waals surface area contributed by atoms with Crippen LogP contribution in [0.2, 0.25) is 0 Å². The van der Waals surface area contributed by atoms with Crippen LogP contribution in [0.5, 0.6) is 0 Å². The SMILES string of the molecule is Cc1cc2n(c1)CNC2=O. The van der Waals surface area contributed by atoms with Crippen molar-refractivity contribution in [1.29, 1.82) is 0 Å². The van der Waals surface area contributed by atoms with E-state index >= 15 is 0 Å². The Kier molecular flexibility index (Phi) is 0.897. The molecule has 0 aromatic carbocycles. The zero-order valence-electron chi connectivity index (χ0n) is 5.72. The molecule has 0 bridgehead atoms. The quantitative estimate of drug-likeness (QED) is 0.553. The summed E-state index contributed by atoms with van der Waals surface area (Å²) < 4.78 is 1.91. The highest BCUT2D eigenvalue weighted by Gasteiger charge is 2.17. The number of rotatable bonds is 0. The predicted octanol–water partition coefficient (Wildman–Crippen LogP) is 0.497. The van der Waals surface area contributed by atoms with E-state index in [1.807, 2.05) is 23.8 Å². The second-order valence-corrected chi connectivity index (χ2v) is 2.54. The second-order valence-electron chi connectivity index (χ2n) is 2.54. The fourth-order valence-electron chi connectivity index (χ4n) is 1.23. The molecule has 1 N–H and O–H groups in total. The molecule has 1 amide bonds. The van der Waals surface area contributed by atoms with Crippen LogP contribution in [0.25, 0.3) is 0 Å². The van der Waals surface area contributed by atoms with Gasteiger partial charge in [-0.1, -0.05) is 0 Å². The summed E-state index contributed by atoms with van der Waals surface area (Å²) in [5.41, 5.74) is 1.92. The van der Waals surface area contributed by atoms with E-state index in [0.29, 0.717) is 6.67 Å². The monoisotopic (exact) mass is 136 g/mol. The second kappa shape index (κ2) is 1.62. The molecule has 0 aliphatic carbocycles. The fourth-order valence-corrected chi connectivity index (χ4v) is 1.23. The van der Waals surface area contributed by atoms with Gasteiger partial charge in [0.15, 0.2) is 0 Å². The third kappa shape index (κ3) is 0.572. The van der Waals surface area contributed by atoms with Crippen LogP contribution < -0.4 is 5.32 Å². The van der Waals surface area contributed by atoms with Gasteiger partial charge in [0.2, 0.25) is 0 Å². The Morgan fingerprint density at radius 1 is 1.70 bits per heavy atom. The molecule has 1 aromatic rings. The standard InChI is InChI=1S/C7H8N2O/c1-5-2-6-7(10)8-4-9(6)3-5/h2-3H,4H2,1H3,(H,8,10). The number of nitrogens with one attached hydrogen (secondary N) is 1. The van der Waals surface area contributed by atoms with E-state index in [2.05, 4.69) is 5.32 Å². The van der Waals surface area contributed by atoms with Gasteiger partial charge in [-0.15, -0.1) is 0 Å². The van der Waals surface area contributed by atoms with Gasteiger partial charge in [0, 0.05) is 6.20 Å². The number of fused-ring (bicyclic) bond motifs is 1. The third-order valence-electron chi connectivity index (χ3n) is 1.68. The summed E-state index contributed by atoms with van der Waals surface area (Å²) in [6.07, 6.45) is 1.97. The summed E-state index contributed by atoms with van der Waals surface area (Å²) in [5.74, 6) is 0.0353. The number of aryl methyl sites for hydroxylation is 1. The van der Waals surface area contributed by atoms with Gasteiger partial charge in [0.05, 0.1) is 6.67 Å². The van der Waals surface area contributed by atoms with Crippen LogP contribution >= 0.6 is 0 Å². The van der Waals surface area contributed by atoms with Crippen LogP contribution in [-0.4, -0.2) is 10.5 Å². The minimum absolute atomic E-state index is 0.0353. The Balaban J connectivity index is 2.59. The van der Waals surface area contributed by atoms with Crippen molar-refractivity contribution >= 4 is 5.91 Å². The van der Waals surface area contributed by atoms with E-state index in [1.165, 1.54) is 0 Å². The van der Waals surface area contributed by atoms with E-state index in [4.69, 9.17) is 0 Å². The van der Waals surface area contributed by atoms with Gasteiger partial charge in [0.25, 0.3) is 5.91 Å². The number of hydrogen-bond donors (Lipinski definition) is 1. The number of carbonyl (C=O) groups excluding carboxylic acids is 1. The van der Waals surface area contributed by atoms with E-state index in [9.17, 15) is 4.79 Å². The zero-order valence-corrected chi connectivity index (χ0v) is 5.72. The first kappa shape index (κ1) is 5.53. The lowest BCUT2D eigenvalue weighted by atomic mass is 10.3. The number of nitrogens with zero attached hydrogens (tertiary/aromatic N) is 1. The molecular weight excluding hydrogens is 128 g/mol. The lowest BCUT2D eigenvalue weighted by molar-refractivity contribution is 0.0965. The maximum Gasteiger partial charge on any atom is 0.269 e.